The first-order valence-corrected chi connectivity index (χ1v) is 6.13. The van der Waals surface area contributed by atoms with Crippen molar-refractivity contribution in [2.75, 3.05) is 25.1 Å². The highest BCUT2D eigenvalue weighted by Gasteiger charge is 2.24. The summed E-state index contributed by atoms with van der Waals surface area (Å²) in [7, 11) is 0. The van der Waals surface area contributed by atoms with E-state index < -0.39 is 5.97 Å². The quantitative estimate of drug-likeness (QED) is 0.744. The zero-order chi connectivity index (χ0) is 13.7. The first-order chi connectivity index (χ1) is 9.19. The Morgan fingerprint density at radius 3 is 3.16 bits per heavy atom. The smallest absolute Gasteiger partial charge is 0.329 e. The van der Waals surface area contributed by atoms with Crippen molar-refractivity contribution in [3.8, 4) is 0 Å². The number of anilines is 1. The Labute approximate surface area is 110 Å². The lowest BCUT2D eigenvalue weighted by Gasteiger charge is -2.05. The molecule has 0 spiro atoms. The van der Waals surface area contributed by atoms with Crippen molar-refractivity contribution in [2.45, 2.75) is 19.9 Å². The highest BCUT2D eigenvalue weighted by molar-refractivity contribution is 5.91. The SMILES string of the molecule is CCOC(=O)Cn1ncc(NC(=O)C2CCOC2)n1. The molecule has 0 aromatic carbocycles. The third-order valence-corrected chi connectivity index (χ3v) is 2.66. The maximum Gasteiger partial charge on any atom is 0.329 e. The van der Waals surface area contributed by atoms with E-state index in [2.05, 4.69) is 15.5 Å². The van der Waals surface area contributed by atoms with Crippen LogP contribution in [-0.2, 0) is 25.6 Å². The number of amides is 1. The van der Waals surface area contributed by atoms with Gasteiger partial charge in [0.15, 0.2) is 12.4 Å². The summed E-state index contributed by atoms with van der Waals surface area (Å²) in [6.45, 7) is 3.00. The van der Waals surface area contributed by atoms with Crippen molar-refractivity contribution in [2.24, 2.45) is 5.92 Å². The van der Waals surface area contributed by atoms with E-state index in [-0.39, 0.29) is 18.4 Å². The minimum atomic E-state index is -0.417. The third-order valence-electron chi connectivity index (χ3n) is 2.66. The normalized spacial score (nSPS) is 18.3. The standard InChI is InChI=1S/C11H16N4O4/c1-2-19-10(16)6-15-12-5-9(14-15)13-11(17)8-3-4-18-7-8/h5,8H,2-4,6-7H2,1H3,(H,13,14,17). The van der Waals surface area contributed by atoms with Gasteiger partial charge in [-0.1, -0.05) is 0 Å². The lowest BCUT2D eigenvalue weighted by atomic mass is 10.1. The minimum Gasteiger partial charge on any atom is -0.465 e. The molecule has 1 unspecified atom stereocenters. The summed E-state index contributed by atoms with van der Waals surface area (Å²) in [5.74, 6) is -0.378. The van der Waals surface area contributed by atoms with Crippen molar-refractivity contribution < 1.29 is 19.1 Å². The van der Waals surface area contributed by atoms with Gasteiger partial charge in [0.05, 0.1) is 25.3 Å². The number of esters is 1. The van der Waals surface area contributed by atoms with Crippen LogP contribution >= 0.6 is 0 Å². The molecule has 1 fully saturated rings. The van der Waals surface area contributed by atoms with Crippen molar-refractivity contribution in [3.63, 3.8) is 0 Å². The molecule has 0 bridgehead atoms. The third kappa shape index (κ3) is 3.75. The minimum absolute atomic E-state index is 0.0732. The van der Waals surface area contributed by atoms with Crippen molar-refractivity contribution in [3.05, 3.63) is 6.20 Å². The number of carbonyl (C=O) groups excluding carboxylic acids is 2. The predicted octanol–water partition coefficient (Wildman–Crippen LogP) is -0.184. The van der Waals surface area contributed by atoms with E-state index in [1.54, 1.807) is 6.92 Å². The molecule has 2 rings (SSSR count). The van der Waals surface area contributed by atoms with Gasteiger partial charge in [-0.15, -0.1) is 5.10 Å². The van der Waals surface area contributed by atoms with Crippen LogP contribution in [0.3, 0.4) is 0 Å². The van der Waals surface area contributed by atoms with E-state index in [0.717, 1.165) is 0 Å². The molecule has 19 heavy (non-hydrogen) atoms. The second kappa shape index (κ2) is 6.28. The summed E-state index contributed by atoms with van der Waals surface area (Å²) < 4.78 is 9.91. The number of nitrogens with one attached hydrogen (secondary N) is 1. The molecule has 1 aromatic rings. The molecule has 1 aliphatic rings. The zero-order valence-corrected chi connectivity index (χ0v) is 10.7. The van der Waals surface area contributed by atoms with Gasteiger partial charge in [-0.2, -0.15) is 9.90 Å². The van der Waals surface area contributed by atoms with E-state index in [4.69, 9.17) is 9.47 Å². The Kier molecular flexibility index (Phi) is 4.45. The summed E-state index contributed by atoms with van der Waals surface area (Å²) in [5, 5.41) is 10.5. The molecule has 1 saturated heterocycles. The van der Waals surface area contributed by atoms with Gasteiger partial charge in [0.25, 0.3) is 0 Å². The highest BCUT2D eigenvalue weighted by Crippen LogP contribution is 2.14. The molecular weight excluding hydrogens is 252 g/mol. The van der Waals surface area contributed by atoms with Crippen LogP contribution in [0.4, 0.5) is 5.82 Å². The largest absolute Gasteiger partial charge is 0.465 e. The first-order valence-electron chi connectivity index (χ1n) is 6.13. The van der Waals surface area contributed by atoms with E-state index in [9.17, 15) is 9.59 Å². The lowest BCUT2D eigenvalue weighted by molar-refractivity contribution is -0.144. The van der Waals surface area contributed by atoms with E-state index in [1.165, 1.54) is 11.0 Å². The van der Waals surface area contributed by atoms with Gasteiger partial charge in [-0.25, -0.2) is 4.79 Å². The predicted molar refractivity (Wildman–Crippen MR) is 64.2 cm³/mol. The molecule has 1 atom stereocenters. The Balaban J connectivity index is 1.86. The number of hydrogen-bond donors (Lipinski definition) is 1. The van der Waals surface area contributed by atoms with Gasteiger partial charge in [-0.3, -0.25) is 4.79 Å². The second-order valence-corrected chi connectivity index (χ2v) is 4.11. The van der Waals surface area contributed by atoms with Crippen LogP contribution in [0.15, 0.2) is 6.20 Å². The molecule has 1 aliphatic heterocycles. The second-order valence-electron chi connectivity index (χ2n) is 4.11. The summed E-state index contributed by atoms with van der Waals surface area (Å²) in [4.78, 5) is 24.2. The zero-order valence-electron chi connectivity index (χ0n) is 10.7. The fourth-order valence-corrected chi connectivity index (χ4v) is 1.72. The van der Waals surface area contributed by atoms with Gasteiger partial charge < -0.3 is 14.8 Å². The van der Waals surface area contributed by atoms with Crippen LogP contribution < -0.4 is 5.32 Å². The molecule has 0 saturated carbocycles. The molecular formula is C11H16N4O4. The van der Waals surface area contributed by atoms with Crippen LogP contribution in [0, 0.1) is 5.92 Å². The molecule has 0 radical (unpaired) electrons. The van der Waals surface area contributed by atoms with Crippen LogP contribution in [0.25, 0.3) is 0 Å². The van der Waals surface area contributed by atoms with Gasteiger partial charge >= 0.3 is 5.97 Å². The van der Waals surface area contributed by atoms with Gasteiger partial charge in [0.2, 0.25) is 5.91 Å². The number of hydrogen-bond acceptors (Lipinski definition) is 6. The van der Waals surface area contributed by atoms with Gasteiger partial charge in [0, 0.05) is 6.61 Å². The lowest BCUT2D eigenvalue weighted by Crippen LogP contribution is -2.23. The Morgan fingerprint density at radius 2 is 2.47 bits per heavy atom. The maximum atomic E-state index is 11.8. The fourth-order valence-electron chi connectivity index (χ4n) is 1.72. The van der Waals surface area contributed by atoms with Crippen LogP contribution in [0.1, 0.15) is 13.3 Å². The molecule has 0 aliphatic carbocycles. The number of nitrogens with zero attached hydrogens (tertiary/aromatic N) is 3. The summed E-state index contributed by atoms with van der Waals surface area (Å²) in [5.41, 5.74) is 0. The summed E-state index contributed by atoms with van der Waals surface area (Å²) in [6, 6.07) is 0. The van der Waals surface area contributed by atoms with E-state index >= 15 is 0 Å². The monoisotopic (exact) mass is 268 g/mol. The molecule has 1 N–H and O–H groups in total. The Hall–Kier alpha value is -1.96. The fraction of sp³-hybridized carbons (Fsp3) is 0.636. The Bertz CT molecular complexity index is 453. The molecule has 8 heteroatoms. The van der Waals surface area contributed by atoms with Crippen LogP contribution in [0.2, 0.25) is 0 Å². The molecule has 1 amide bonds. The highest BCUT2D eigenvalue weighted by atomic mass is 16.5. The van der Waals surface area contributed by atoms with E-state index in [1.807, 2.05) is 0 Å². The van der Waals surface area contributed by atoms with Gasteiger partial charge in [-0.05, 0) is 13.3 Å². The Morgan fingerprint density at radius 1 is 1.63 bits per heavy atom. The molecule has 2 heterocycles. The summed E-state index contributed by atoms with van der Waals surface area (Å²) in [6.07, 6.45) is 2.11. The van der Waals surface area contributed by atoms with Crippen LogP contribution in [-0.4, -0.2) is 46.7 Å². The van der Waals surface area contributed by atoms with Crippen molar-refractivity contribution in [1.82, 2.24) is 15.0 Å². The van der Waals surface area contributed by atoms with E-state index in [0.29, 0.717) is 32.1 Å². The van der Waals surface area contributed by atoms with Crippen molar-refractivity contribution in [1.29, 1.82) is 0 Å². The number of ether oxygens (including phenoxy) is 2. The number of carbonyl (C=O) groups is 2. The topological polar surface area (TPSA) is 95.3 Å². The first kappa shape index (κ1) is 13.5. The molecule has 104 valence electrons. The van der Waals surface area contributed by atoms with Crippen LogP contribution in [0.5, 0.6) is 0 Å². The molecule has 8 nitrogen and oxygen atoms in total. The average Bonchev–Trinajstić information content (AvgIpc) is 3.00. The molecule has 1 aromatic heterocycles. The average molecular weight is 268 g/mol. The number of aromatic nitrogens is 3. The summed E-state index contributed by atoms with van der Waals surface area (Å²) >= 11 is 0. The number of rotatable bonds is 5. The maximum absolute atomic E-state index is 11.8. The van der Waals surface area contributed by atoms with Crippen molar-refractivity contribution >= 4 is 17.7 Å². The van der Waals surface area contributed by atoms with Gasteiger partial charge in [0.1, 0.15) is 0 Å².